The molecule has 3 heterocycles. The van der Waals surface area contributed by atoms with E-state index in [0.717, 1.165) is 43.1 Å². The van der Waals surface area contributed by atoms with Crippen molar-refractivity contribution >= 4 is 17.1 Å². The van der Waals surface area contributed by atoms with Crippen LogP contribution in [0.1, 0.15) is 16.8 Å². The molecule has 6 heteroatoms. The van der Waals surface area contributed by atoms with Crippen LogP contribution in [0.25, 0.3) is 11.4 Å². The first-order valence-electron chi connectivity index (χ1n) is 7.55. The fourth-order valence-electron chi connectivity index (χ4n) is 3.24. The molecule has 0 aromatic carbocycles. The Morgan fingerprint density at radius 3 is 2.82 bits per heavy atom. The van der Waals surface area contributed by atoms with Crippen LogP contribution in [0.2, 0.25) is 0 Å². The molecule has 0 amide bonds. The molecule has 2 aromatic rings. The van der Waals surface area contributed by atoms with Gasteiger partial charge in [-0.1, -0.05) is 0 Å². The fourth-order valence-corrected chi connectivity index (χ4v) is 3.24. The van der Waals surface area contributed by atoms with E-state index in [1.807, 2.05) is 19.3 Å². The molecule has 4 rings (SSSR count). The zero-order valence-corrected chi connectivity index (χ0v) is 12.5. The maximum atomic E-state index is 15.1. The van der Waals surface area contributed by atoms with E-state index in [1.54, 1.807) is 17.1 Å². The van der Waals surface area contributed by atoms with Gasteiger partial charge in [0, 0.05) is 63.2 Å². The van der Waals surface area contributed by atoms with E-state index in [2.05, 4.69) is 20.3 Å². The highest BCUT2D eigenvalue weighted by Crippen LogP contribution is 2.42. The van der Waals surface area contributed by atoms with Gasteiger partial charge < -0.3 is 10.2 Å². The van der Waals surface area contributed by atoms with Crippen LogP contribution in [0.15, 0.2) is 24.7 Å². The largest absolute Gasteiger partial charge is 0.368 e. The number of allylic oxidation sites excluding steroid dienone is 1. The van der Waals surface area contributed by atoms with Gasteiger partial charge in [0.05, 0.1) is 23.1 Å². The first-order chi connectivity index (χ1) is 10.7. The second-order valence-electron chi connectivity index (χ2n) is 5.76. The summed E-state index contributed by atoms with van der Waals surface area (Å²) < 4.78 is 16.7. The molecule has 114 valence electrons. The molecule has 0 saturated carbocycles. The lowest BCUT2D eigenvalue weighted by atomic mass is 10.1. The van der Waals surface area contributed by atoms with Gasteiger partial charge in [-0.15, -0.1) is 0 Å². The molecule has 1 saturated heterocycles. The highest BCUT2D eigenvalue weighted by atomic mass is 19.1. The minimum Gasteiger partial charge on any atom is -0.368 e. The number of nitrogens with one attached hydrogen (secondary N) is 1. The molecule has 1 aliphatic carbocycles. The molecule has 0 atom stereocenters. The Balaban J connectivity index is 1.78. The SMILES string of the molecule is Cn1cc(C2=C(F)c3c(N4CCNCC4)ccnc3C2)cn1. The van der Waals surface area contributed by atoms with Crippen molar-refractivity contribution in [3.63, 3.8) is 0 Å². The maximum Gasteiger partial charge on any atom is 0.138 e. The Bertz CT molecular complexity index is 743. The predicted octanol–water partition coefficient (Wildman–Crippen LogP) is 1.62. The summed E-state index contributed by atoms with van der Waals surface area (Å²) in [5.41, 5.74) is 3.99. The molecule has 2 aromatic heterocycles. The quantitative estimate of drug-likeness (QED) is 0.915. The topological polar surface area (TPSA) is 46.0 Å². The smallest absolute Gasteiger partial charge is 0.138 e. The number of hydrogen-bond acceptors (Lipinski definition) is 4. The first kappa shape index (κ1) is 13.5. The van der Waals surface area contributed by atoms with Gasteiger partial charge in [-0.2, -0.15) is 5.10 Å². The Morgan fingerprint density at radius 1 is 1.27 bits per heavy atom. The predicted molar refractivity (Wildman–Crippen MR) is 84.2 cm³/mol. The third kappa shape index (κ3) is 2.11. The summed E-state index contributed by atoms with van der Waals surface area (Å²) in [6.45, 7) is 3.65. The number of piperazine rings is 1. The first-order valence-corrected chi connectivity index (χ1v) is 7.55. The zero-order valence-electron chi connectivity index (χ0n) is 12.5. The summed E-state index contributed by atoms with van der Waals surface area (Å²) in [6, 6.07) is 1.93. The summed E-state index contributed by atoms with van der Waals surface area (Å²) in [5.74, 6) is -0.148. The fraction of sp³-hybridized carbons (Fsp3) is 0.375. The number of aromatic nitrogens is 3. The van der Waals surface area contributed by atoms with Crippen molar-refractivity contribution in [2.75, 3.05) is 31.1 Å². The van der Waals surface area contributed by atoms with E-state index in [4.69, 9.17) is 0 Å². The molecule has 1 aliphatic heterocycles. The van der Waals surface area contributed by atoms with Crippen LogP contribution in [0.3, 0.4) is 0 Å². The van der Waals surface area contributed by atoms with E-state index >= 15 is 4.39 Å². The molecule has 0 radical (unpaired) electrons. The van der Waals surface area contributed by atoms with Crippen LogP contribution in [-0.4, -0.2) is 40.9 Å². The Morgan fingerprint density at radius 2 is 2.09 bits per heavy atom. The van der Waals surface area contributed by atoms with E-state index in [0.29, 0.717) is 17.6 Å². The van der Waals surface area contributed by atoms with Gasteiger partial charge in [0.15, 0.2) is 0 Å². The van der Waals surface area contributed by atoms with Crippen molar-refractivity contribution in [3.05, 3.63) is 41.5 Å². The summed E-state index contributed by atoms with van der Waals surface area (Å²) >= 11 is 0. The Labute approximate surface area is 128 Å². The average Bonchev–Trinajstić information content (AvgIpc) is 3.12. The number of nitrogens with zero attached hydrogens (tertiary/aromatic N) is 4. The van der Waals surface area contributed by atoms with Crippen LogP contribution >= 0.6 is 0 Å². The van der Waals surface area contributed by atoms with Crippen molar-refractivity contribution in [2.45, 2.75) is 6.42 Å². The molecular formula is C16H18FN5. The molecule has 2 aliphatic rings. The number of anilines is 1. The van der Waals surface area contributed by atoms with Gasteiger partial charge >= 0.3 is 0 Å². The highest BCUT2D eigenvalue weighted by Gasteiger charge is 2.29. The van der Waals surface area contributed by atoms with Gasteiger partial charge in [0.2, 0.25) is 0 Å². The minimum absolute atomic E-state index is 0.148. The van der Waals surface area contributed by atoms with Gasteiger partial charge in [-0.3, -0.25) is 9.67 Å². The van der Waals surface area contributed by atoms with E-state index in [-0.39, 0.29) is 5.83 Å². The third-order valence-corrected chi connectivity index (χ3v) is 4.35. The van der Waals surface area contributed by atoms with Crippen molar-refractivity contribution in [1.29, 1.82) is 0 Å². The lowest BCUT2D eigenvalue weighted by molar-refractivity contribution is 0.588. The lowest BCUT2D eigenvalue weighted by Gasteiger charge is -2.30. The monoisotopic (exact) mass is 299 g/mol. The number of fused-ring (bicyclic) bond motifs is 1. The number of halogens is 1. The number of hydrogen-bond donors (Lipinski definition) is 1. The van der Waals surface area contributed by atoms with Gasteiger partial charge in [0.25, 0.3) is 0 Å². The maximum absolute atomic E-state index is 15.1. The van der Waals surface area contributed by atoms with Crippen molar-refractivity contribution in [1.82, 2.24) is 20.1 Å². The van der Waals surface area contributed by atoms with Gasteiger partial charge in [-0.25, -0.2) is 4.39 Å². The average molecular weight is 299 g/mol. The standard InChI is InChI=1S/C16H18FN5/c1-21-10-11(9-20-21)12-8-13-15(16(12)17)14(2-3-19-13)22-6-4-18-5-7-22/h2-3,9-10,18H,4-8H2,1H3. The van der Waals surface area contributed by atoms with Crippen LogP contribution in [0.4, 0.5) is 10.1 Å². The molecule has 1 fully saturated rings. The third-order valence-electron chi connectivity index (χ3n) is 4.35. The van der Waals surface area contributed by atoms with E-state index in [1.165, 1.54) is 0 Å². The number of pyridine rings is 1. The Hall–Kier alpha value is -2.21. The molecule has 0 unspecified atom stereocenters. The number of rotatable bonds is 2. The van der Waals surface area contributed by atoms with Gasteiger partial charge in [0.1, 0.15) is 5.83 Å². The van der Waals surface area contributed by atoms with E-state index < -0.39 is 0 Å². The minimum atomic E-state index is -0.148. The second kappa shape index (κ2) is 5.21. The van der Waals surface area contributed by atoms with Gasteiger partial charge in [-0.05, 0) is 6.07 Å². The lowest BCUT2D eigenvalue weighted by Crippen LogP contribution is -2.43. The van der Waals surface area contributed by atoms with Crippen LogP contribution < -0.4 is 10.2 Å². The molecule has 0 bridgehead atoms. The second-order valence-corrected chi connectivity index (χ2v) is 5.76. The van der Waals surface area contributed by atoms with Crippen molar-refractivity contribution in [3.8, 4) is 0 Å². The van der Waals surface area contributed by atoms with Crippen LogP contribution in [-0.2, 0) is 13.5 Å². The van der Waals surface area contributed by atoms with Crippen LogP contribution in [0, 0.1) is 0 Å². The Kier molecular flexibility index (Phi) is 3.18. The number of aryl methyl sites for hydroxylation is 1. The molecule has 22 heavy (non-hydrogen) atoms. The molecule has 1 N–H and O–H groups in total. The molecule has 5 nitrogen and oxygen atoms in total. The van der Waals surface area contributed by atoms with Crippen molar-refractivity contribution < 1.29 is 4.39 Å². The summed E-state index contributed by atoms with van der Waals surface area (Å²) in [5, 5.41) is 7.47. The summed E-state index contributed by atoms with van der Waals surface area (Å²) in [7, 11) is 1.84. The molecule has 0 spiro atoms. The summed E-state index contributed by atoms with van der Waals surface area (Å²) in [6.07, 6.45) is 5.89. The molecular weight excluding hydrogens is 281 g/mol. The zero-order chi connectivity index (χ0) is 15.1. The van der Waals surface area contributed by atoms with Crippen LogP contribution in [0.5, 0.6) is 0 Å². The highest BCUT2D eigenvalue weighted by molar-refractivity contribution is 5.96. The summed E-state index contributed by atoms with van der Waals surface area (Å²) in [4.78, 5) is 6.64. The van der Waals surface area contributed by atoms with E-state index in [9.17, 15) is 0 Å². The normalized spacial score (nSPS) is 18.0. The van der Waals surface area contributed by atoms with Crippen molar-refractivity contribution in [2.24, 2.45) is 7.05 Å².